The Bertz CT molecular complexity index is 789. The summed E-state index contributed by atoms with van der Waals surface area (Å²) < 4.78 is 14.9. The maximum absolute atomic E-state index is 13.3. The fourth-order valence-electron chi connectivity index (χ4n) is 2.21. The smallest absolute Gasteiger partial charge is 0.258 e. The van der Waals surface area contributed by atoms with E-state index in [9.17, 15) is 9.18 Å². The summed E-state index contributed by atoms with van der Waals surface area (Å²) in [5.41, 5.74) is 0.690. The Labute approximate surface area is 96.9 Å². The second-order valence-corrected chi connectivity index (χ2v) is 4.07. The molecule has 0 spiro atoms. The molecule has 0 aliphatic heterocycles. The van der Waals surface area contributed by atoms with E-state index >= 15 is 0 Å². The largest absolute Gasteiger partial charge is 0.311 e. The van der Waals surface area contributed by atoms with Gasteiger partial charge in [-0.25, -0.2) is 4.39 Å². The summed E-state index contributed by atoms with van der Waals surface area (Å²) in [5, 5.41) is 2.18. The number of pyridine rings is 1. The lowest BCUT2D eigenvalue weighted by Crippen LogP contribution is -2.17. The summed E-state index contributed by atoms with van der Waals surface area (Å²) >= 11 is 0. The normalized spacial score (nSPS) is 11.2. The predicted molar refractivity (Wildman–Crippen MR) is 66.7 cm³/mol. The molecule has 0 bridgehead atoms. The van der Waals surface area contributed by atoms with Crippen molar-refractivity contribution in [3.05, 3.63) is 58.6 Å². The van der Waals surface area contributed by atoms with Crippen LogP contribution in [0.3, 0.4) is 0 Å². The van der Waals surface area contributed by atoms with Gasteiger partial charge in [0.15, 0.2) is 0 Å². The molecule has 3 rings (SSSR count). The molecule has 0 aliphatic carbocycles. The van der Waals surface area contributed by atoms with Crippen LogP contribution in [0.5, 0.6) is 0 Å². The van der Waals surface area contributed by atoms with Crippen molar-refractivity contribution >= 4 is 21.7 Å². The second kappa shape index (κ2) is 3.42. The van der Waals surface area contributed by atoms with Crippen LogP contribution in [0.4, 0.5) is 4.39 Å². The fraction of sp³-hybridized carbons (Fsp3) is 0.0714. The number of rotatable bonds is 0. The minimum Gasteiger partial charge on any atom is -0.311 e. The van der Waals surface area contributed by atoms with E-state index in [1.54, 1.807) is 23.7 Å². The van der Waals surface area contributed by atoms with E-state index in [4.69, 9.17) is 0 Å². The number of halogens is 1. The number of benzene rings is 2. The van der Waals surface area contributed by atoms with Crippen molar-refractivity contribution in [2.24, 2.45) is 7.05 Å². The molecular weight excluding hydrogens is 217 g/mol. The van der Waals surface area contributed by atoms with Gasteiger partial charge in [0.05, 0.1) is 5.52 Å². The molecule has 0 aliphatic rings. The Morgan fingerprint density at radius 3 is 2.47 bits per heavy atom. The van der Waals surface area contributed by atoms with E-state index in [-0.39, 0.29) is 11.4 Å². The highest BCUT2D eigenvalue weighted by Crippen LogP contribution is 2.22. The third kappa shape index (κ3) is 1.35. The van der Waals surface area contributed by atoms with Crippen molar-refractivity contribution in [3.63, 3.8) is 0 Å². The molecule has 2 aromatic carbocycles. The van der Waals surface area contributed by atoms with Gasteiger partial charge < -0.3 is 4.57 Å². The summed E-state index contributed by atoms with van der Waals surface area (Å²) in [6.45, 7) is 0. The van der Waals surface area contributed by atoms with Crippen molar-refractivity contribution in [2.45, 2.75) is 0 Å². The fourth-order valence-corrected chi connectivity index (χ4v) is 2.21. The summed E-state index contributed by atoms with van der Waals surface area (Å²) in [6.07, 6.45) is 0. The molecule has 0 radical (unpaired) electrons. The molecule has 0 unspecified atom stereocenters. The predicted octanol–water partition coefficient (Wildman–Crippen LogP) is 2.83. The first-order valence-corrected chi connectivity index (χ1v) is 5.35. The van der Waals surface area contributed by atoms with Crippen LogP contribution in [0.15, 0.2) is 47.3 Å². The number of aromatic nitrogens is 1. The Balaban J connectivity index is 2.71. The molecule has 2 nitrogen and oxygen atoms in total. The van der Waals surface area contributed by atoms with Crippen LogP contribution in [-0.4, -0.2) is 4.57 Å². The highest BCUT2D eigenvalue weighted by Gasteiger charge is 2.08. The van der Waals surface area contributed by atoms with E-state index in [0.717, 1.165) is 16.3 Å². The van der Waals surface area contributed by atoms with Gasteiger partial charge in [0.2, 0.25) is 0 Å². The molecule has 0 atom stereocenters. The van der Waals surface area contributed by atoms with E-state index < -0.39 is 0 Å². The number of aryl methyl sites for hydroxylation is 1. The third-order valence-corrected chi connectivity index (χ3v) is 3.07. The molecule has 0 amide bonds. The van der Waals surface area contributed by atoms with Crippen molar-refractivity contribution in [2.75, 3.05) is 0 Å². The molecule has 84 valence electrons. The lowest BCUT2D eigenvalue weighted by Gasteiger charge is -2.08. The van der Waals surface area contributed by atoms with Gasteiger partial charge in [-0.2, -0.15) is 0 Å². The first-order chi connectivity index (χ1) is 8.18. The lowest BCUT2D eigenvalue weighted by molar-refractivity contribution is 0.629. The molecule has 1 aromatic heterocycles. The van der Waals surface area contributed by atoms with Gasteiger partial charge in [-0.1, -0.05) is 18.2 Å². The van der Waals surface area contributed by atoms with Gasteiger partial charge in [-0.3, -0.25) is 4.79 Å². The van der Waals surface area contributed by atoms with Gasteiger partial charge >= 0.3 is 0 Å². The van der Waals surface area contributed by atoms with Crippen LogP contribution < -0.4 is 5.56 Å². The highest BCUT2D eigenvalue weighted by molar-refractivity contribution is 6.05. The molecular formula is C14H10FNO. The Morgan fingerprint density at radius 2 is 1.71 bits per heavy atom. The standard InChI is InChI=1S/C14H10FNO/c1-16-13-7-6-9(15)8-12(13)10-4-2-3-5-11(10)14(16)17/h2-8H,1H3. The van der Waals surface area contributed by atoms with Crippen molar-refractivity contribution in [3.8, 4) is 0 Å². The minimum absolute atomic E-state index is 0.0558. The van der Waals surface area contributed by atoms with Gasteiger partial charge in [-0.05, 0) is 29.7 Å². The van der Waals surface area contributed by atoms with Crippen LogP contribution in [0, 0.1) is 5.82 Å². The average molecular weight is 227 g/mol. The molecule has 3 heteroatoms. The summed E-state index contributed by atoms with van der Waals surface area (Å²) in [7, 11) is 1.70. The zero-order chi connectivity index (χ0) is 12.0. The van der Waals surface area contributed by atoms with Crippen LogP contribution >= 0.6 is 0 Å². The zero-order valence-electron chi connectivity index (χ0n) is 9.27. The van der Waals surface area contributed by atoms with E-state index in [1.165, 1.54) is 12.1 Å². The minimum atomic E-state index is -0.290. The first kappa shape index (κ1) is 10.0. The van der Waals surface area contributed by atoms with Gasteiger partial charge in [0.1, 0.15) is 5.82 Å². The van der Waals surface area contributed by atoms with Crippen molar-refractivity contribution in [1.82, 2.24) is 4.57 Å². The molecule has 0 fully saturated rings. The Morgan fingerprint density at radius 1 is 1.00 bits per heavy atom. The van der Waals surface area contributed by atoms with E-state index in [0.29, 0.717) is 5.39 Å². The number of nitrogens with zero attached hydrogens (tertiary/aromatic N) is 1. The van der Waals surface area contributed by atoms with E-state index in [2.05, 4.69) is 0 Å². The average Bonchev–Trinajstić information content (AvgIpc) is 2.36. The molecule has 1 heterocycles. The van der Waals surface area contributed by atoms with E-state index in [1.807, 2.05) is 18.2 Å². The van der Waals surface area contributed by atoms with Crippen molar-refractivity contribution < 1.29 is 4.39 Å². The molecule has 0 N–H and O–H groups in total. The number of hydrogen-bond acceptors (Lipinski definition) is 1. The summed E-state index contributed by atoms with van der Waals surface area (Å²) in [6, 6.07) is 11.8. The lowest BCUT2D eigenvalue weighted by atomic mass is 10.1. The first-order valence-electron chi connectivity index (χ1n) is 5.35. The molecule has 0 saturated heterocycles. The summed E-state index contributed by atoms with van der Waals surface area (Å²) in [5.74, 6) is -0.290. The maximum atomic E-state index is 13.3. The molecule has 3 aromatic rings. The number of hydrogen-bond donors (Lipinski definition) is 0. The van der Waals surface area contributed by atoms with Gasteiger partial charge in [0, 0.05) is 17.8 Å². The van der Waals surface area contributed by atoms with Crippen molar-refractivity contribution in [1.29, 1.82) is 0 Å². The highest BCUT2D eigenvalue weighted by atomic mass is 19.1. The van der Waals surface area contributed by atoms with Crippen LogP contribution in [0.2, 0.25) is 0 Å². The Hall–Kier alpha value is -2.16. The SMILES string of the molecule is Cn1c(=O)c2ccccc2c2cc(F)ccc21. The van der Waals surface area contributed by atoms with Crippen LogP contribution in [-0.2, 0) is 7.05 Å². The topological polar surface area (TPSA) is 22.0 Å². The van der Waals surface area contributed by atoms with Crippen LogP contribution in [0.1, 0.15) is 0 Å². The second-order valence-electron chi connectivity index (χ2n) is 4.07. The quantitative estimate of drug-likeness (QED) is 0.541. The molecule has 17 heavy (non-hydrogen) atoms. The maximum Gasteiger partial charge on any atom is 0.258 e. The van der Waals surface area contributed by atoms with Crippen LogP contribution in [0.25, 0.3) is 21.7 Å². The third-order valence-electron chi connectivity index (χ3n) is 3.07. The van der Waals surface area contributed by atoms with Gasteiger partial charge in [0.25, 0.3) is 5.56 Å². The monoisotopic (exact) mass is 227 g/mol. The van der Waals surface area contributed by atoms with Gasteiger partial charge in [-0.15, -0.1) is 0 Å². The zero-order valence-corrected chi connectivity index (χ0v) is 9.27. The molecule has 0 saturated carbocycles. The number of fused-ring (bicyclic) bond motifs is 3. The summed E-state index contributed by atoms with van der Waals surface area (Å²) in [4.78, 5) is 12.1. The Kier molecular flexibility index (Phi) is 2.01.